The maximum absolute atomic E-state index is 11.8. The first kappa shape index (κ1) is 25.2. The molecule has 188 valence electrons. The van der Waals surface area contributed by atoms with E-state index in [0.717, 1.165) is 60.2 Å². The third-order valence-corrected chi connectivity index (χ3v) is 6.32. The number of benzene rings is 2. The van der Waals surface area contributed by atoms with Crippen LogP contribution in [0.4, 0.5) is 0 Å². The van der Waals surface area contributed by atoms with Gasteiger partial charge in [-0.1, -0.05) is 88.1 Å². The Hall–Kier alpha value is -3.88. The molecule has 9 heteroatoms. The van der Waals surface area contributed by atoms with E-state index in [9.17, 15) is 9.90 Å². The number of carboxylic acid groups (broad SMARTS) is 1. The summed E-state index contributed by atoms with van der Waals surface area (Å²) < 4.78 is 1.88. The molecule has 0 saturated heterocycles. The van der Waals surface area contributed by atoms with Crippen LogP contribution in [-0.4, -0.2) is 46.5 Å². The van der Waals surface area contributed by atoms with Crippen molar-refractivity contribution in [1.82, 2.24) is 35.4 Å². The number of H-pyrrole nitrogens is 1. The Morgan fingerprint density at radius 3 is 2.44 bits per heavy atom. The van der Waals surface area contributed by atoms with Gasteiger partial charge >= 0.3 is 5.97 Å². The molecule has 2 N–H and O–H groups in total. The van der Waals surface area contributed by atoms with Crippen molar-refractivity contribution < 1.29 is 9.90 Å². The van der Waals surface area contributed by atoms with Crippen molar-refractivity contribution in [2.45, 2.75) is 71.3 Å². The molecular weight excluding hydrogens is 454 g/mol. The molecule has 0 amide bonds. The zero-order chi connectivity index (χ0) is 25.3. The number of nitrogens with one attached hydrogen (secondary N) is 1. The van der Waals surface area contributed by atoms with Gasteiger partial charge in [0.05, 0.1) is 6.54 Å². The number of hydrogen-bond acceptors (Lipinski definition) is 6. The highest BCUT2D eigenvalue weighted by Crippen LogP contribution is 2.30. The number of aromatic amines is 1. The number of tetrazole rings is 1. The van der Waals surface area contributed by atoms with Crippen LogP contribution in [0, 0.1) is 0 Å². The van der Waals surface area contributed by atoms with Crippen molar-refractivity contribution in [3.63, 3.8) is 0 Å². The quantitative estimate of drug-likeness (QED) is 0.246. The number of unbranched alkanes of at least 4 members (excludes halogenated alkanes) is 3. The summed E-state index contributed by atoms with van der Waals surface area (Å²) in [7, 11) is 0. The first-order valence-electron chi connectivity index (χ1n) is 12.7. The first-order chi connectivity index (χ1) is 17.6. The van der Waals surface area contributed by atoms with Gasteiger partial charge in [-0.3, -0.25) is 4.79 Å². The van der Waals surface area contributed by atoms with Gasteiger partial charge in [0.25, 0.3) is 0 Å². The van der Waals surface area contributed by atoms with Crippen molar-refractivity contribution in [2.75, 3.05) is 0 Å². The van der Waals surface area contributed by atoms with Gasteiger partial charge < -0.3 is 5.11 Å². The number of hydrogen-bond donors (Lipinski definition) is 2. The van der Waals surface area contributed by atoms with Crippen LogP contribution in [0.1, 0.15) is 75.5 Å². The average molecular weight is 488 g/mol. The Bertz CT molecular complexity index is 1250. The van der Waals surface area contributed by atoms with Gasteiger partial charge in [-0.2, -0.15) is 10.3 Å². The predicted molar refractivity (Wildman–Crippen MR) is 137 cm³/mol. The summed E-state index contributed by atoms with van der Waals surface area (Å²) in [4.78, 5) is 16.5. The smallest absolute Gasteiger partial charge is 0.314 e. The summed E-state index contributed by atoms with van der Waals surface area (Å²) in [6, 6.07) is 16.3. The minimum Gasteiger partial charge on any atom is -0.481 e. The van der Waals surface area contributed by atoms with E-state index in [1.165, 1.54) is 6.42 Å². The maximum Gasteiger partial charge on any atom is 0.314 e. The van der Waals surface area contributed by atoms with Gasteiger partial charge in [0.15, 0.2) is 5.82 Å². The van der Waals surface area contributed by atoms with Crippen molar-refractivity contribution >= 4 is 5.97 Å². The van der Waals surface area contributed by atoms with Crippen molar-refractivity contribution in [1.29, 1.82) is 0 Å². The standard InChI is InChI=1S/C27H33N7O2/c1-3-5-6-7-13-24-28-25(23(10-4-2)27(35)36)31-34(24)18-19-14-16-20(17-15-19)21-11-8-9-12-22(21)26-29-32-33-30-26/h8-9,11-12,14-17,23H,3-7,10,13,18H2,1-2H3,(H,35,36)(H,29,30,32,33). The number of aliphatic carboxylic acids is 1. The van der Waals surface area contributed by atoms with Crippen LogP contribution in [-0.2, 0) is 17.8 Å². The summed E-state index contributed by atoms with van der Waals surface area (Å²) in [5.74, 6) is 0.291. The molecule has 2 aromatic heterocycles. The molecule has 0 aliphatic heterocycles. The Balaban J connectivity index is 1.57. The monoisotopic (exact) mass is 487 g/mol. The van der Waals surface area contributed by atoms with Gasteiger partial charge in [-0.25, -0.2) is 9.67 Å². The SMILES string of the molecule is CCCCCCc1nc(C(CCC)C(=O)O)nn1Cc1ccc(-c2ccccc2-c2nn[nH]n2)cc1. The molecule has 4 aromatic rings. The van der Waals surface area contributed by atoms with E-state index < -0.39 is 11.9 Å². The third-order valence-electron chi connectivity index (χ3n) is 6.32. The van der Waals surface area contributed by atoms with Crippen LogP contribution in [0.15, 0.2) is 48.5 Å². The molecule has 2 aromatic carbocycles. The molecule has 2 heterocycles. The molecule has 4 rings (SSSR count). The summed E-state index contributed by atoms with van der Waals surface area (Å²) >= 11 is 0. The third kappa shape index (κ3) is 6.02. The number of rotatable bonds is 13. The average Bonchev–Trinajstić information content (AvgIpc) is 3.56. The van der Waals surface area contributed by atoms with E-state index in [-0.39, 0.29) is 0 Å². The van der Waals surface area contributed by atoms with E-state index in [1.807, 2.05) is 35.9 Å². The molecule has 0 radical (unpaired) electrons. The van der Waals surface area contributed by atoms with Gasteiger partial charge in [0.2, 0.25) is 5.82 Å². The zero-order valence-corrected chi connectivity index (χ0v) is 20.9. The number of nitrogens with zero attached hydrogens (tertiary/aromatic N) is 6. The number of aromatic nitrogens is 7. The van der Waals surface area contributed by atoms with Crippen LogP contribution in [0.3, 0.4) is 0 Å². The van der Waals surface area contributed by atoms with E-state index in [2.05, 4.69) is 56.9 Å². The summed E-state index contributed by atoms with van der Waals surface area (Å²) in [6.45, 7) is 4.71. The minimum absolute atomic E-state index is 0.417. The van der Waals surface area contributed by atoms with Crippen molar-refractivity contribution in [3.05, 3.63) is 65.7 Å². The molecule has 9 nitrogen and oxygen atoms in total. The predicted octanol–water partition coefficient (Wildman–Crippen LogP) is 5.26. The summed E-state index contributed by atoms with van der Waals surface area (Å²) in [6.07, 6.45) is 6.59. The fourth-order valence-electron chi connectivity index (χ4n) is 4.38. The lowest BCUT2D eigenvalue weighted by atomic mass is 9.98. The molecule has 0 aliphatic carbocycles. The second-order valence-corrected chi connectivity index (χ2v) is 9.01. The Kier molecular flexibility index (Phi) is 8.54. The van der Waals surface area contributed by atoms with Gasteiger partial charge in [0.1, 0.15) is 11.7 Å². The number of carboxylic acids is 1. The number of aryl methyl sites for hydroxylation is 1. The lowest BCUT2D eigenvalue weighted by Crippen LogP contribution is -2.13. The van der Waals surface area contributed by atoms with Gasteiger partial charge in [-0.05, 0) is 34.7 Å². The van der Waals surface area contributed by atoms with Crippen LogP contribution in [0.2, 0.25) is 0 Å². The second-order valence-electron chi connectivity index (χ2n) is 9.01. The van der Waals surface area contributed by atoms with E-state index in [1.54, 1.807) is 0 Å². The van der Waals surface area contributed by atoms with E-state index >= 15 is 0 Å². The van der Waals surface area contributed by atoms with E-state index in [0.29, 0.717) is 24.6 Å². The lowest BCUT2D eigenvalue weighted by molar-refractivity contribution is -0.139. The summed E-state index contributed by atoms with van der Waals surface area (Å²) in [5, 5.41) is 28.8. The fourth-order valence-corrected chi connectivity index (χ4v) is 4.38. The Morgan fingerprint density at radius 1 is 1.00 bits per heavy atom. The molecule has 1 atom stereocenters. The molecule has 0 fully saturated rings. The fraction of sp³-hybridized carbons (Fsp3) is 0.407. The zero-order valence-electron chi connectivity index (χ0n) is 20.9. The van der Waals surface area contributed by atoms with Crippen LogP contribution >= 0.6 is 0 Å². The highest BCUT2D eigenvalue weighted by molar-refractivity contribution is 5.80. The minimum atomic E-state index is -0.865. The van der Waals surface area contributed by atoms with Crippen LogP contribution < -0.4 is 0 Å². The van der Waals surface area contributed by atoms with E-state index in [4.69, 9.17) is 4.98 Å². The molecule has 0 bridgehead atoms. The van der Waals surface area contributed by atoms with Crippen molar-refractivity contribution in [2.24, 2.45) is 0 Å². The normalized spacial score (nSPS) is 12.1. The first-order valence-corrected chi connectivity index (χ1v) is 12.7. The highest BCUT2D eigenvalue weighted by Gasteiger charge is 2.25. The largest absolute Gasteiger partial charge is 0.481 e. The lowest BCUT2D eigenvalue weighted by Gasteiger charge is -2.09. The Labute approximate surface area is 211 Å². The molecule has 0 spiro atoms. The summed E-state index contributed by atoms with van der Waals surface area (Å²) in [5.41, 5.74) is 4.05. The van der Waals surface area contributed by atoms with Gasteiger partial charge in [-0.15, -0.1) is 10.2 Å². The molecular formula is C27H33N7O2. The topological polar surface area (TPSA) is 122 Å². The molecule has 1 unspecified atom stereocenters. The van der Waals surface area contributed by atoms with Gasteiger partial charge in [0, 0.05) is 12.0 Å². The molecule has 36 heavy (non-hydrogen) atoms. The van der Waals surface area contributed by atoms with Crippen LogP contribution in [0.5, 0.6) is 0 Å². The number of carbonyl (C=O) groups is 1. The second kappa shape index (κ2) is 12.2. The van der Waals surface area contributed by atoms with Crippen LogP contribution in [0.25, 0.3) is 22.5 Å². The molecule has 0 aliphatic rings. The maximum atomic E-state index is 11.8. The molecule has 0 saturated carbocycles. The highest BCUT2D eigenvalue weighted by atomic mass is 16.4. The van der Waals surface area contributed by atoms with Crippen molar-refractivity contribution in [3.8, 4) is 22.5 Å². The Morgan fingerprint density at radius 2 is 1.78 bits per heavy atom.